The summed E-state index contributed by atoms with van der Waals surface area (Å²) in [6, 6.07) is 5.37. The van der Waals surface area contributed by atoms with Crippen LogP contribution in [0.2, 0.25) is 0 Å². The largest absolute Gasteiger partial charge is 0.339 e. The predicted molar refractivity (Wildman–Crippen MR) is 91.1 cm³/mol. The van der Waals surface area contributed by atoms with Crippen molar-refractivity contribution in [1.29, 1.82) is 0 Å². The Labute approximate surface area is 148 Å². The van der Waals surface area contributed by atoms with Crippen molar-refractivity contribution in [3.8, 4) is 11.4 Å². The van der Waals surface area contributed by atoms with Gasteiger partial charge in [-0.3, -0.25) is 4.90 Å². The molecule has 1 aromatic carbocycles. The summed E-state index contributed by atoms with van der Waals surface area (Å²) in [5.74, 6) is -0.0790. The van der Waals surface area contributed by atoms with Crippen molar-refractivity contribution in [1.82, 2.24) is 15.0 Å². The van der Waals surface area contributed by atoms with Crippen LogP contribution in [-0.4, -0.2) is 28.1 Å². The lowest BCUT2D eigenvalue weighted by Gasteiger charge is -2.14. The average Bonchev–Trinajstić information content (AvgIpc) is 3.33. The first-order valence-electron chi connectivity index (χ1n) is 8.19. The summed E-state index contributed by atoms with van der Waals surface area (Å²) in [5.41, 5.74) is 1.37. The fourth-order valence-corrected chi connectivity index (χ4v) is 3.89. The Morgan fingerprint density at radius 1 is 1.28 bits per heavy atom. The second-order valence-electron chi connectivity index (χ2n) is 6.36. The molecule has 1 aliphatic heterocycles. The van der Waals surface area contributed by atoms with Gasteiger partial charge in [0, 0.05) is 19.5 Å². The zero-order chi connectivity index (χ0) is 17.2. The Morgan fingerprint density at radius 2 is 2.20 bits per heavy atom. The van der Waals surface area contributed by atoms with Crippen LogP contribution in [0, 0.1) is 17.6 Å². The van der Waals surface area contributed by atoms with Gasteiger partial charge >= 0.3 is 0 Å². The zero-order valence-corrected chi connectivity index (χ0v) is 14.3. The highest BCUT2D eigenvalue weighted by Gasteiger charge is 2.25. The van der Waals surface area contributed by atoms with E-state index < -0.39 is 11.6 Å². The van der Waals surface area contributed by atoms with Gasteiger partial charge in [0.15, 0.2) is 0 Å². The molecular formula is C18H17F2N3OS. The maximum absolute atomic E-state index is 13.8. The lowest BCUT2D eigenvalue weighted by Crippen LogP contribution is -2.20. The summed E-state index contributed by atoms with van der Waals surface area (Å²) in [5, 5.41) is 8.07. The van der Waals surface area contributed by atoms with Crippen LogP contribution in [0.3, 0.4) is 0 Å². The summed E-state index contributed by atoms with van der Waals surface area (Å²) in [6.07, 6.45) is 1.72. The fraction of sp³-hybridized carbons (Fsp3) is 0.333. The van der Waals surface area contributed by atoms with Crippen molar-refractivity contribution in [3.05, 3.63) is 58.1 Å². The summed E-state index contributed by atoms with van der Waals surface area (Å²) in [7, 11) is 0. The molecule has 2 aromatic heterocycles. The number of hydrogen-bond donors (Lipinski definition) is 0. The molecule has 0 aliphatic carbocycles. The van der Waals surface area contributed by atoms with Crippen LogP contribution in [-0.2, 0) is 13.0 Å². The highest BCUT2D eigenvalue weighted by molar-refractivity contribution is 7.07. The number of nitrogens with zero attached hydrogens (tertiary/aromatic N) is 3. The molecule has 7 heteroatoms. The van der Waals surface area contributed by atoms with Crippen LogP contribution in [0.15, 0.2) is 39.5 Å². The number of halogens is 2. The second kappa shape index (κ2) is 7.01. The van der Waals surface area contributed by atoms with E-state index in [2.05, 4.69) is 31.9 Å². The van der Waals surface area contributed by atoms with Crippen molar-refractivity contribution in [3.63, 3.8) is 0 Å². The number of likely N-dealkylation sites (tertiary alicyclic amines) is 1. The highest BCUT2D eigenvalue weighted by Crippen LogP contribution is 2.25. The highest BCUT2D eigenvalue weighted by atomic mass is 32.1. The second-order valence-corrected chi connectivity index (χ2v) is 7.14. The molecule has 0 saturated carbocycles. The van der Waals surface area contributed by atoms with Gasteiger partial charge in [0.2, 0.25) is 11.7 Å². The molecule has 0 bridgehead atoms. The van der Waals surface area contributed by atoms with Crippen LogP contribution < -0.4 is 0 Å². The van der Waals surface area contributed by atoms with Gasteiger partial charge in [-0.15, -0.1) is 0 Å². The van der Waals surface area contributed by atoms with Crippen LogP contribution >= 0.6 is 11.3 Å². The number of rotatable bonds is 5. The first-order valence-corrected chi connectivity index (χ1v) is 9.13. The molecule has 3 heterocycles. The van der Waals surface area contributed by atoms with Crippen LogP contribution in [0.1, 0.15) is 17.9 Å². The molecule has 4 nitrogen and oxygen atoms in total. The van der Waals surface area contributed by atoms with Crippen molar-refractivity contribution in [2.45, 2.75) is 19.4 Å². The molecule has 1 aliphatic rings. The first-order chi connectivity index (χ1) is 12.2. The fourth-order valence-electron chi connectivity index (χ4n) is 3.23. The summed E-state index contributed by atoms with van der Waals surface area (Å²) in [4.78, 5) is 6.66. The van der Waals surface area contributed by atoms with Crippen molar-refractivity contribution < 1.29 is 13.3 Å². The third-order valence-electron chi connectivity index (χ3n) is 4.46. The Hall–Kier alpha value is -2.12. The van der Waals surface area contributed by atoms with Gasteiger partial charge in [-0.1, -0.05) is 5.16 Å². The molecule has 4 rings (SSSR count). The van der Waals surface area contributed by atoms with E-state index in [1.54, 1.807) is 11.3 Å². The standard InChI is InChI=1S/C18H17F2N3OS/c19-14-1-2-16(20)15(8-14)18-21-17(24-22-18)7-12-3-5-23(9-12)10-13-4-6-25-11-13/h1-2,4,6,8,11-12H,3,5,7,9-10H2. The van der Waals surface area contributed by atoms with E-state index >= 15 is 0 Å². The monoisotopic (exact) mass is 361 g/mol. The average molecular weight is 361 g/mol. The lowest BCUT2D eigenvalue weighted by atomic mass is 10.1. The molecule has 1 unspecified atom stereocenters. The molecule has 0 N–H and O–H groups in total. The van der Waals surface area contributed by atoms with E-state index in [0.29, 0.717) is 18.2 Å². The van der Waals surface area contributed by atoms with Crippen molar-refractivity contribution in [2.24, 2.45) is 5.92 Å². The lowest BCUT2D eigenvalue weighted by molar-refractivity contribution is 0.305. The van der Waals surface area contributed by atoms with E-state index in [4.69, 9.17) is 4.52 Å². The van der Waals surface area contributed by atoms with Gasteiger partial charge in [0.05, 0.1) is 5.56 Å². The third kappa shape index (κ3) is 3.77. The smallest absolute Gasteiger partial charge is 0.227 e. The van der Waals surface area contributed by atoms with E-state index in [1.807, 2.05) is 0 Å². The number of benzene rings is 1. The van der Waals surface area contributed by atoms with Gasteiger partial charge in [-0.25, -0.2) is 8.78 Å². The molecule has 0 amide bonds. The van der Waals surface area contributed by atoms with E-state index in [-0.39, 0.29) is 11.4 Å². The van der Waals surface area contributed by atoms with Crippen molar-refractivity contribution >= 4 is 11.3 Å². The van der Waals surface area contributed by atoms with Crippen molar-refractivity contribution in [2.75, 3.05) is 13.1 Å². The van der Waals surface area contributed by atoms with Gasteiger partial charge in [-0.2, -0.15) is 16.3 Å². The van der Waals surface area contributed by atoms with Gasteiger partial charge in [-0.05, 0) is 59.5 Å². The number of thiophene rings is 1. The SMILES string of the molecule is Fc1ccc(F)c(-c2noc(CC3CCN(Cc4ccsc4)C3)n2)c1. The third-order valence-corrected chi connectivity index (χ3v) is 5.19. The van der Waals surface area contributed by atoms with E-state index in [1.165, 1.54) is 5.56 Å². The molecule has 25 heavy (non-hydrogen) atoms. The Balaban J connectivity index is 1.39. The summed E-state index contributed by atoms with van der Waals surface area (Å²) in [6.45, 7) is 2.98. The van der Waals surface area contributed by atoms with Gasteiger partial charge in [0.1, 0.15) is 11.6 Å². The van der Waals surface area contributed by atoms with Crippen LogP contribution in [0.25, 0.3) is 11.4 Å². The maximum Gasteiger partial charge on any atom is 0.227 e. The summed E-state index contributed by atoms with van der Waals surface area (Å²) >= 11 is 1.71. The number of aromatic nitrogens is 2. The summed E-state index contributed by atoms with van der Waals surface area (Å²) < 4.78 is 32.4. The molecule has 3 aromatic rings. The van der Waals surface area contributed by atoms with Crippen LogP contribution in [0.5, 0.6) is 0 Å². The van der Waals surface area contributed by atoms with Crippen LogP contribution in [0.4, 0.5) is 8.78 Å². The minimum atomic E-state index is -0.559. The molecule has 130 valence electrons. The molecule has 0 radical (unpaired) electrons. The molecule has 0 spiro atoms. The topological polar surface area (TPSA) is 42.2 Å². The molecule has 1 fully saturated rings. The number of hydrogen-bond acceptors (Lipinski definition) is 5. The Morgan fingerprint density at radius 3 is 3.04 bits per heavy atom. The maximum atomic E-state index is 13.8. The molecule has 1 saturated heterocycles. The van der Waals surface area contributed by atoms with E-state index in [9.17, 15) is 8.78 Å². The Kier molecular flexibility index (Phi) is 4.59. The molecule has 1 atom stereocenters. The minimum absolute atomic E-state index is 0.0282. The van der Waals surface area contributed by atoms with Gasteiger partial charge in [0.25, 0.3) is 0 Å². The Bertz CT molecular complexity index is 850. The predicted octanol–water partition coefficient (Wildman–Crippen LogP) is 4.14. The normalized spacial score (nSPS) is 18.1. The first kappa shape index (κ1) is 16.4. The minimum Gasteiger partial charge on any atom is -0.339 e. The zero-order valence-electron chi connectivity index (χ0n) is 13.5. The quantitative estimate of drug-likeness (QED) is 0.685. The van der Waals surface area contributed by atoms with Gasteiger partial charge < -0.3 is 4.52 Å². The van der Waals surface area contributed by atoms with E-state index in [0.717, 1.165) is 44.3 Å². The molecular weight excluding hydrogens is 344 g/mol.